The molecule has 22 heavy (non-hydrogen) atoms. The lowest BCUT2D eigenvalue weighted by Crippen LogP contribution is -1.80. The lowest BCUT2D eigenvalue weighted by Gasteiger charge is -2.04. The number of nitrogens with one attached hydrogen (secondary N) is 1. The molecule has 4 rings (SSSR count). The molecule has 2 heteroatoms. The molecule has 0 aliphatic carbocycles. The van der Waals surface area contributed by atoms with E-state index in [0.717, 1.165) is 10.2 Å². The lowest BCUT2D eigenvalue weighted by molar-refractivity contribution is 1.45. The van der Waals surface area contributed by atoms with Gasteiger partial charge in [-0.1, -0.05) is 70.5 Å². The van der Waals surface area contributed by atoms with Gasteiger partial charge in [0.25, 0.3) is 0 Å². The van der Waals surface area contributed by atoms with E-state index in [1.54, 1.807) is 0 Å². The zero-order valence-corrected chi connectivity index (χ0v) is 13.5. The standard InChI is InChI=1S/C20H14BrN/c21-18-11-9-15(10-12-18)14-5-7-16(8-6-14)20-13-17-3-1-2-4-19(17)22-20/h1-13,22H. The molecule has 0 atom stereocenters. The third-order valence-electron chi connectivity index (χ3n) is 3.90. The van der Waals surface area contributed by atoms with Crippen LogP contribution in [0.2, 0.25) is 0 Å². The summed E-state index contributed by atoms with van der Waals surface area (Å²) in [5.74, 6) is 0. The molecule has 0 fully saturated rings. The number of rotatable bonds is 2. The van der Waals surface area contributed by atoms with Crippen LogP contribution in [0.1, 0.15) is 0 Å². The minimum absolute atomic E-state index is 1.10. The first-order valence-corrected chi connectivity index (χ1v) is 8.03. The van der Waals surface area contributed by atoms with Crippen molar-refractivity contribution in [2.75, 3.05) is 0 Å². The molecule has 0 saturated carbocycles. The van der Waals surface area contributed by atoms with E-state index < -0.39 is 0 Å². The van der Waals surface area contributed by atoms with E-state index in [-0.39, 0.29) is 0 Å². The Morgan fingerprint density at radius 1 is 0.636 bits per heavy atom. The van der Waals surface area contributed by atoms with E-state index in [1.165, 1.54) is 27.6 Å². The van der Waals surface area contributed by atoms with Crippen LogP contribution in [0.3, 0.4) is 0 Å². The molecular formula is C20H14BrN. The van der Waals surface area contributed by atoms with Crippen LogP contribution in [0.15, 0.2) is 83.3 Å². The molecule has 1 nitrogen and oxygen atoms in total. The Morgan fingerprint density at radius 3 is 1.91 bits per heavy atom. The molecule has 0 aliphatic heterocycles. The molecule has 0 unspecified atom stereocenters. The first-order valence-electron chi connectivity index (χ1n) is 7.24. The number of halogens is 1. The van der Waals surface area contributed by atoms with Crippen LogP contribution in [0.25, 0.3) is 33.3 Å². The molecule has 0 amide bonds. The van der Waals surface area contributed by atoms with Crippen molar-refractivity contribution in [3.05, 3.63) is 83.3 Å². The van der Waals surface area contributed by atoms with Crippen molar-refractivity contribution in [1.29, 1.82) is 0 Å². The molecule has 0 aliphatic rings. The predicted octanol–water partition coefficient (Wildman–Crippen LogP) is 6.26. The minimum atomic E-state index is 1.10. The van der Waals surface area contributed by atoms with E-state index in [2.05, 4.69) is 99.8 Å². The van der Waals surface area contributed by atoms with E-state index in [1.807, 2.05) is 0 Å². The highest BCUT2D eigenvalue weighted by Gasteiger charge is 2.04. The zero-order valence-electron chi connectivity index (χ0n) is 11.9. The summed E-state index contributed by atoms with van der Waals surface area (Å²) in [7, 11) is 0. The number of aromatic amines is 1. The van der Waals surface area contributed by atoms with Crippen LogP contribution < -0.4 is 0 Å². The smallest absolute Gasteiger partial charge is 0.0464 e. The summed E-state index contributed by atoms with van der Waals surface area (Å²) >= 11 is 3.47. The van der Waals surface area contributed by atoms with Gasteiger partial charge in [-0.3, -0.25) is 0 Å². The SMILES string of the molecule is Brc1ccc(-c2ccc(-c3cc4ccccc4[nH]3)cc2)cc1. The van der Waals surface area contributed by atoms with E-state index in [4.69, 9.17) is 0 Å². The number of para-hydroxylation sites is 1. The van der Waals surface area contributed by atoms with E-state index in [0.29, 0.717) is 0 Å². The Hall–Kier alpha value is -2.32. The summed E-state index contributed by atoms with van der Waals surface area (Å²) in [6.07, 6.45) is 0. The summed E-state index contributed by atoms with van der Waals surface area (Å²) in [5.41, 5.74) is 5.99. The fourth-order valence-electron chi connectivity index (χ4n) is 2.71. The minimum Gasteiger partial charge on any atom is -0.355 e. The van der Waals surface area contributed by atoms with Crippen LogP contribution in [0.4, 0.5) is 0 Å². The number of benzene rings is 3. The van der Waals surface area contributed by atoms with Gasteiger partial charge >= 0.3 is 0 Å². The fraction of sp³-hybridized carbons (Fsp3) is 0. The highest BCUT2D eigenvalue weighted by molar-refractivity contribution is 9.10. The lowest BCUT2D eigenvalue weighted by atomic mass is 10.0. The molecule has 4 aromatic rings. The molecule has 1 N–H and O–H groups in total. The third-order valence-corrected chi connectivity index (χ3v) is 4.43. The van der Waals surface area contributed by atoms with Crippen molar-refractivity contribution in [3.8, 4) is 22.4 Å². The predicted molar refractivity (Wildman–Crippen MR) is 96.9 cm³/mol. The first kappa shape index (κ1) is 13.4. The Kier molecular flexibility index (Phi) is 3.32. The van der Waals surface area contributed by atoms with Gasteiger partial charge in [-0.2, -0.15) is 0 Å². The van der Waals surface area contributed by atoms with Gasteiger partial charge in [0.2, 0.25) is 0 Å². The number of aromatic nitrogens is 1. The van der Waals surface area contributed by atoms with Crippen LogP contribution >= 0.6 is 15.9 Å². The second-order valence-electron chi connectivity index (χ2n) is 5.35. The molecule has 0 radical (unpaired) electrons. The molecule has 0 spiro atoms. The number of hydrogen-bond acceptors (Lipinski definition) is 0. The van der Waals surface area contributed by atoms with Gasteiger partial charge in [0.15, 0.2) is 0 Å². The monoisotopic (exact) mass is 347 g/mol. The van der Waals surface area contributed by atoms with Crippen LogP contribution in [-0.2, 0) is 0 Å². The zero-order chi connectivity index (χ0) is 14.9. The maximum absolute atomic E-state index is 3.47. The van der Waals surface area contributed by atoms with Crippen molar-refractivity contribution in [2.24, 2.45) is 0 Å². The van der Waals surface area contributed by atoms with Gasteiger partial charge < -0.3 is 4.98 Å². The van der Waals surface area contributed by atoms with Crippen LogP contribution in [0, 0.1) is 0 Å². The highest BCUT2D eigenvalue weighted by atomic mass is 79.9. The van der Waals surface area contributed by atoms with Gasteiger partial charge in [-0.25, -0.2) is 0 Å². The molecule has 0 saturated heterocycles. The van der Waals surface area contributed by atoms with Crippen molar-refractivity contribution < 1.29 is 0 Å². The average Bonchev–Trinajstić information content (AvgIpc) is 3.00. The molecule has 106 valence electrons. The summed E-state index contributed by atoms with van der Waals surface area (Å²) in [5, 5.41) is 1.24. The summed E-state index contributed by atoms with van der Waals surface area (Å²) in [4.78, 5) is 3.47. The largest absolute Gasteiger partial charge is 0.355 e. The Morgan fingerprint density at radius 2 is 1.23 bits per heavy atom. The van der Waals surface area contributed by atoms with Gasteiger partial charge in [-0.15, -0.1) is 0 Å². The molecular weight excluding hydrogens is 334 g/mol. The fourth-order valence-corrected chi connectivity index (χ4v) is 2.98. The second kappa shape index (κ2) is 5.47. The van der Waals surface area contributed by atoms with Crippen molar-refractivity contribution in [2.45, 2.75) is 0 Å². The average molecular weight is 348 g/mol. The maximum Gasteiger partial charge on any atom is 0.0464 e. The van der Waals surface area contributed by atoms with Crippen molar-refractivity contribution >= 4 is 26.8 Å². The first-order chi connectivity index (χ1) is 10.8. The summed E-state index contributed by atoms with van der Waals surface area (Å²) in [6, 6.07) is 27.6. The van der Waals surface area contributed by atoms with E-state index in [9.17, 15) is 0 Å². The number of H-pyrrole nitrogens is 1. The quantitative estimate of drug-likeness (QED) is 0.440. The molecule has 1 aromatic heterocycles. The molecule has 1 heterocycles. The van der Waals surface area contributed by atoms with Crippen LogP contribution in [0.5, 0.6) is 0 Å². The Balaban J connectivity index is 1.70. The summed E-state index contributed by atoms with van der Waals surface area (Å²) in [6.45, 7) is 0. The molecule has 0 bridgehead atoms. The van der Waals surface area contributed by atoms with Gasteiger partial charge in [0.05, 0.1) is 0 Å². The van der Waals surface area contributed by atoms with Gasteiger partial charge in [-0.05, 0) is 41.0 Å². The topological polar surface area (TPSA) is 15.8 Å². The highest BCUT2D eigenvalue weighted by Crippen LogP contribution is 2.27. The Bertz CT molecular complexity index is 885. The van der Waals surface area contributed by atoms with Crippen molar-refractivity contribution in [1.82, 2.24) is 4.98 Å². The number of hydrogen-bond donors (Lipinski definition) is 1. The maximum atomic E-state index is 3.47. The third kappa shape index (κ3) is 2.46. The molecule has 3 aromatic carbocycles. The number of fused-ring (bicyclic) bond motifs is 1. The van der Waals surface area contributed by atoms with Crippen LogP contribution in [-0.4, -0.2) is 4.98 Å². The van der Waals surface area contributed by atoms with Gasteiger partial charge in [0.1, 0.15) is 0 Å². The van der Waals surface area contributed by atoms with Crippen molar-refractivity contribution in [3.63, 3.8) is 0 Å². The van der Waals surface area contributed by atoms with E-state index >= 15 is 0 Å². The van der Waals surface area contributed by atoms with Gasteiger partial charge in [0, 0.05) is 21.1 Å². The summed E-state index contributed by atoms with van der Waals surface area (Å²) < 4.78 is 1.10. The Labute approximate surface area is 137 Å². The second-order valence-corrected chi connectivity index (χ2v) is 6.27. The normalized spacial score (nSPS) is 11.0.